The summed E-state index contributed by atoms with van der Waals surface area (Å²) in [7, 11) is 3.52. The number of benzene rings is 2. The summed E-state index contributed by atoms with van der Waals surface area (Å²) in [6.07, 6.45) is 3.32. The lowest BCUT2D eigenvalue weighted by Gasteiger charge is -2.18. The Morgan fingerprint density at radius 3 is 2.52 bits per heavy atom. The molecule has 1 heterocycles. The van der Waals surface area contributed by atoms with Crippen molar-refractivity contribution in [2.24, 2.45) is 0 Å². The summed E-state index contributed by atoms with van der Waals surface area (Å²) < 4.78 is 5.32. The monoisotopic (exact) mass is 279 g/mol. The molecule has 0 aliphatic carbocycles. The van der Waals surface area contributed by atoms with Crippen molar-refractivity contribution in [3.05, 3.63) is 66.1 Å². The zero-order valence-corrected chi connectivity index (χ0v) is 12.1. The van der Waals surface area contributed by atoms with Gasteiger partial charge in [0.2, 0.25) is 5.88 Å². The van der Waals surface area contributed by atoms with Gasteiger partial charge in [0.05, 0.1) is 13.2 Å². The average molecular weight is 279 g/mol. The highest BCUT2D eigenvalue weighted by atomic mass is 16.5. The molecule has 1 N–H and O–H groups in total. The highest BCUT2D eigenvalue weighted by molar-refractivity contribution is 5.83. The Labute approximate surface area is 123 Å². The fourth-order valence-corrected chi connectivity index (χ4v) is 2.54. The molecular weight excluding hydrogens is 262 g/mol. The van der Waals surface area contributed by atoms with Crippen molar-refractivity contribution in [3.8, 4) is 5.88 Å². The van der Waals surface area contributed by atoms with E-state index in [0.717, 1.165) is 11.3 Å². The first kappa shape index (κ1) is 13.5. The van der Waals surface area contributed by atoms with Crippen molar-refractivity contribution < 1.29 is 4.74 Å². The molecule has 0 spiro atoms. The van der Waals surface area contributed by atoms with Gasteiger partial charge in [-0.15, -0.1) is 0 Å². The van der Waals surface area contributed by atoms with Gasteiger partial charge >= 0.3 is 0 Å². The number of hydrogen-bond acceptors (Lipinski definition) is 4. The van der Waals surface area contributed by atoms with Gasteiger partial charge in [-0.05, 0) is 29.4 Å². The Balaban J connectivity index is 2.09. The summed E-state index contributed by atoms with van der Waals surface area (Å²) in [5, 5.41) is 5.72. The van der Waals surface area contributed by atoms with Gasteiger partial charge in [0, 0.05) is 12.4 Å². The van der Waals surface area contributed by atoms with Gasteiger partial charge in [0.25, 0.3) is 0 Å². The van der Waals surface area contributed by atoms with Crippen LogP contribution in [0.3, 0.4) is 0 Å². The molecule has 0 aliphatic rings. The van der Waals surface area contributed by atoms with E-state index in [1.54, 1.807) is 19.5 Å². The molecule has 1 unspecified atom stereocenters. The molecular formula is C17H17N3O. The maximum atomic E-state index is 5.32. The van der Waals surface area contributed by atoms with E-state index in [1.807, 2.05) is 19.2 Å². The van der Waals surface area contributed by atoms with E-state index in [4.69, 9.17) is 4.74 Å². The Kier molecular flexibility index (Phi) is 3.79. The van der Waals surface area contributed by atoms with Gasteiger partial charge in [0.1, 0.15) is 5.69 Å². The number of aromatic nitrogens is 2. The molecule has 3 aromatic rings. The van der Waals surface area contributed by atoms with Crippen LogP contribution in [0.25, 0.3) is 10.8 Å². The molecule has 0 fully saturated rings. The molecule has 0 radical (unpaired) electrons. The van der Waals surface area contributed by atoms with E-state index in [1.165, 1.54) is 10.8 Å². The lowest BCUT2D eigenvalue weighted by atomic mass is 10.00. The molecule has 2 aromatic carbocycles. The smallest absolute Gasteiger partial charge is 0.237 e. The van der Waals surface area contributed by atoms with E-state index < -0.39 is 0 Å². The number of methoxy groups -OCH3 is 1. The van der Waals surface area contributed by atoms with Gasteiger partial charge < -0.3 is 10.1 Å². The number of ether oxygens (including phenoxy) is 1. The predicted octanol–water partition coefficient (Wildman–Crippen LogP) is 2.95. The van der Waals surface area contributed by atoms with Gasteiger partial charge in [-0.3, -0.25) is 4.98 Å². The van der Waals surface area contributed by atoms with E-state index in [2.05, 4.69) is 45.6 Å². The lowest BCUT2D eigenvalue weighted by molar-refractivity contribution is 0.384. The molecule has 106 valence electrons. The van der Waals surface area contributed by atoms with Crippen molar-refractivity contribution >= 4 is 10.8 Å². The second kappa shape index (κ2) is 5.89. The largest absolute Gasteiger partial charge is 0.480 e. The van der Waals surface area contributed by atoms with Crippen LogP contribution in [-0.4, -0.2) is 24.1 Å². The standard InChI is InChI=1S/C17H17N3O/c1-18-15(16-17(21-2)20-10-9-19-16)14-8-7-12-5-3-4-6-13(12)11-14/h3-11,15,18H,1-2H3. The number of hydrogen-bond donors (Lipinski definition) is 1. The average Bonchev–Trinajstić information content (AvgIpc) is 2.56. The number of rotatable bonds is 4. The molecule has 3 rings (SSSR count). The molecule has 4 heteroatoms. The SMILES string of the molecule is CNC(c1ccc2ccccc2c1)c1nccnc1OC. The number of fused-ring (bicyclic) bond motifs is 1. The Bertz CT molecular complexity index is 758. The van der Waals surface area contributed by atoms with E-state index in [0.29, 0.717) is 5.88 Å². The fraction of sp³-hybridized carbons (Fsp3) is 0.176. The molecule has 0 amide bonds. The van der Waals surface area contributed by atoms with E-state index >= 15 is 0 Å². The summed E-state index contributed by atoms with van der Waals surface area (Å²) >= 11 is 0. The van der Waals surface area contributed by atoms with Gasteiger partial charge in [-0.2, -0.15) is 0 Å². The molecule has 1 aromatic heterocycles. The normalized spacial score (nSPS) is 12.3. The fourth-order valence-electron chi connectivity index (χ4n) is 2.54. The van der Waals surface area contributed by atoms with Gasteiger partial charge in [-0.1, -0.05) is 36.4 Å². The molecule has 0 bridgehead atoms. The van der Waals surface area contributed by atoms with Crippen molar-refractivity contribution in [1.82, 2.24) is 15.3 Å². The first-order valence-corrected chi connectivity index (χ1v) is 6.84. The first-order chi connectivity index (χ1) is 10.3. The van der Waals surface area contributed by atoms with Crippen molar-refractivity contribution in [3.63, 3.8) is 0 Å². The highest BCUT2D eigenvalue weighted by Crippen LogP contribution is 2.28. The lowest BCUT2D eigenvalue weighted by Crippen LogP contribution is -2.20. The van der Waals surface area contributed by atoms with Crippen LogP contribution in [-0.2, 0) is 0 Å². The second-order valence-electron chi connectivity index (χ2n) is 4.78. The molecule has 0 aliphatic heterocycles. The molecule has 4 nitrogen and oxygen atoms in total. The van der Waals surface area contributed by atoms with E-state index in [9.17, 15) is 0 Å². The predicted molar refractivity (Wildman–Crippen MR) is 83.4 cm³/mol. The topological polar surface area (TPSA) is 47.0 Å². The van der Waals surface area contributed by atoms with Crippen LogP contribution in [0.1, 0.15) is 17.3 Å². The van der Waals surface area contributed by atoms with Crippen LogP contribution < -0.4 is 10.1 Å². The maximum Gasteiger partial charge on any atom is 0.237 e. The third-order valence-electron chi connectivity index (χ3n) is 3.55. The Hall–Kier alpha value is -2.46. The van der Waals surface area contributed by atoms with Crippen LogP contribution in [0, 0.1) is 0 Å². The summed E-state index contributed by atoms with van der Waals surface area (Å²) in [6.45, 7) is 0. The molecule has 0 saturated carbocycles. The maximum absolute atomic E-state index is 5.32. The van der Waals surface area contributed by atoms with Crippen LogP contribution in [0.5, 0.6) is 5.88 Å². The zero-order chi connectivity index (χ0) is 14.7. The Morgan fingerprint density at radius 1 is 1.00 bits per heavy atom. The highest BCUT2D eigenvalue weighted by Gasteiger charge is 2.19. The minimum absolute atomic E-state index is 0.0572. The summed E-state index contributed by atoms with van der Waals surface area (Å²) in [5.74, 6) is 0.546. The van der Waals surface area contributed by atoms with Gasteiger partial charge in [0.15, 0.2) is 0 Å². The zero-order valence-electron chi connectivity index (χ0n) is 12.1. The minimum Gasteiger partial charge on any atom is -0.480 e. The van der Waals surface area contributed by atoms with Crippen molar-refractivity contribution in [2.75, 3.05) is 14.2 Å². The quantitative estimate of drug-likeness (QED) is 0.797. The third kappa shape index (κ3) is 2.58. The first-order valence-electron chi connectivity index (χ1n) is 6.84. The summed E-state index contributed by atoms with van der Waals surface area (Å²) in [4.78, 5) is 8.66. The van der Waals surface area contributed by atoms with Crippen LogP contribution in [0.2, 0.25) is 0 Å². The summed E-state index contributed by atoms with van der Waals surface area (Å²) in [5.41, 5.74) is 1.92. The van der Waals surface area contributed by atoms with Crippen LogP contribution >= 0.6 is 0 Å². The number of nitrogens with one attached hydrogen (secondary N) is 1. The van der Waals surface area contributed by atoms with Crippen LogP contribution in [0.15, 0.2) is 54.9 Å². The minimum atomic E-state index is -0.0572. The molecule has 21 heavy (non-hydrogen) atoms. The second-order valence-corrected chi connectivity index (χ2v) is 4.78. The van der Waals surface area contributed by atoms with Gasteiger partial charge in [-0.25, -0.2) is 4.98 Å². The van der Waals surface area contributed by atoms with E-state index in [-0.39, 0.29) is 6.04 Å². The van der Waals surface area contributed by atoms with Crippen molar-refractivity contribution in [2.45, 2.75) is 6.04 Å². The molecule has 0 saturated heterocycles. The van der Waals surface area contributed by atoms with Crippen LogP contribution in [0.4, 0.5) is 0 Å². The third-order valence-corrected chi connectivity index (χ3v) is 3.55. The summed E-state index contributed by atoms with van der Waals surface area (Å²) in [6, 6.07) is 14.7. The number of nitrogens with zero attached hydrogens (tertiary/aromatic N) is 2. The molecule has 1 atom stereocenters. The Morgan fingerprint density at radius 2 is 1.76 bits per heavy atom. The van der Waals surface area contributed by atoms with Crippen molar-refractivity contribution in [1.29, 1.82) is 0 Å².